The lowest BCUT2D eigenvalue weighted by molar-refractivity contribution is -0.0248. The minimum Gasteiger partial charge on any atom is -0.504 e. The SMILES string of the molecule is NC(=O)c1c(C2C[C@H](O)[C@H](O)CC2NC(=O)c2cccc(CNC3CC3)c2)cc2c(c1O)OCO2. The normalized spacial score (nSPS) is 25.3. The molecule has 0 spiro atoms. The number of nitrogens with two attached hydrogens (primary N) is 1. The fourth-order valence-electron chi connectivity index (χ4n) is 4.89. The molecule has 0 radical (unpaired) electrons. The fraction of sp³-hybridized carbons (Fsp3) is 0.440. The lowest BCUT2D eigenvalue weighted by atomic mass is 9.75. The van der Waals surface area contributed by atoms with E-state index in [1.807, 2.05) is 18.2 Å². The van der Waals surface area contributed by atoms with Crippen LogP contribution < -0.4 is 25.8 Å². The second-order valence-electron chi connectivity index (χ2n) is 9.44. The van der Waals surface area contributed by atoms with Gasteiger partial charge in [-0.25, -0.2) is 0 Å². The van der Waals surface area contributed by atoms with Crippen LogP contribution in [0.2, 0.25) is 0 Å². The zero-order valence-corrected chi connectivity index (χ0v) is 19.1. The lowest BCUT2D eigenvalue weighted by Crippen LogP contribution is -2.49. The van der Waals surface area contributed by atoms with E-state index in [9.17, 15) is 24.9 Å². The first-order valence-corrected chi connectivity index (χ1v) is 11.8. The molecule has 186 valence electrons. The molecule has 10 heteroatoms. The number of aliphatic hydroxyl groups is 2. The van der Waals surface area contributed by atoms with E-state index in [-0.39, 0.29) is 42.6 Å². The van der Waals surface area contributed by atoms with E-state index >= 15 is 0 Å². The molecular weight excluding hydrogens is 454 g/mol. The number of phenols is 1. The highest BCUT2D eigenvalue weighted by molar-refractivity contribution is 5.99. The number of carbonyl (C=O) groups excluding carboxylic acids is 2. The Morgan fingerprint density at radius 1 is 1.09 bits per heavy atom. The molecule has 10 nitrogen and oxygen atoms in total. The molecule has 1 aliphatic heterocycles. The van der Waals surface area contributed by atoms with Gasteiger partial charge in [-0.15, -0.1) is 0 Å². The van der Waals surface area contributed by atoms with Crippen molar-refractivity contribution in [3.63, 3.8) is 0 Å². The predicted octanol–water partition coefficient (Wildman–Crippen LogP) is 0.870. The van der Waals surface area contributed by atoms with E-state index in [1.54, 1.807) is 12.1 Å². The Morgan fingerprint density at radius 2 is 1.86 bits per heavy atom. The van der Waals surface area contributed by atoms with Gasteiger partial charge in [0.1, 0.15) is 0 Å². The number of ether oxygens (including phenoxy) is 2. The van der Waals surface area contributed by atoms with E-state index in [2.05, 4.69) is 10.6 Å². The van der Waals surface area contributed by atoms with Crippen LogP contribution >= 0.6 is 0 Å². The third-order valence-electron chi connectivity index (χ3n) is 6.91. The van der Waals surface area contributed by atoms with Gasteiger partial charge in [0.25, 0.3) is 11.8 Å². The average molecular weight is 484 g/mol. The second-order valence-corrected chi connectivity index (χ2v) is 9.44. The number of primary amides is 1. The number of nitrogens with one attached hydrogen (secondary N) is 2. The lowest BCUT2D eigenvalue weighted by Gasteiger charge is -2.38. The van der Waals surface area contributed by atoms with Gasteiger partial charge in [0.2, 0.25) is 12.5 Å². The number of hydrogen-bond donors (Lipinski definition) is 6. The number of hydrogen-bond acceptors (Lipinski definition) is 8. The molecule has 0 saturated heterocycles. The van der Waals surface area contributed by atoms with Crippen molar-refractivity contribution in [3.05, 3.63) is 52.6 Å². The summed E-state index contributed by atoms with van der Waals surface area (Å²) >= 11 is 0. The highest BCUT2D eigenvalue weighted by Crippen LogP contribution is 2.48. The Labute approximate surface area is 202 Å². The van der Waals surface area contributed by atoms with Gasteiger partial charge in [0.15, 0.2) is 11.5 Å². The number of aromatic hydroxyl groups is 1. The zero-order chi connectivity index (χ0) is 24.7. The zero-order valence-electron chi connectivity index (χ0n) is 19.1. The molecule has 5 rings (SSSR count). The quantitative estimate of drug-likeness (QED) is 0.338. The third kappa shape index (κ3) is 4.77. The highest BCUT2D eigenvalue weighted by atomic mass is 16.7. The summed E-state index contributed by atoms with van der Waals surface area (Å²) in [4.78, 5) is 25.5. The Hall–Kier alpha value is -3.34. The van der Waals surface area contributed by atoms with Gasteiger partial charge in [-0.05, 0) is 55.0 Å². The van der Waals surface area contributed by atoms with Gasteiger partial charge >= 0.3 is 0 Å². The molecule has 2 unspecified atom stereocenters. The first-order valence-electron chi connectivity index (χ1n) is 11.8. The highest BCUT2D eigenvalue weighted by Gasteiger charge is 2.40. The van der Waals surface area contributed by atoms with Crippen LogP contribution in [0.4, 0.5) is 0 Å². The number of aliphatic hydroxyl groups excluding tert-OH is 2. The van der Waals surface area contributed by atoms with Crippen LogP contribution in [0.1, 0.15) is 63.4 Å². The molecule has 2 aliphatic carbocycles. The van der Waals surface area contributed by atoms with Gasteiger partial charge in [-0.3, -0.25) is 9.59 Å². The van der Waals surface area contributed by atoms with Crippen LogP contribution in [0.25, 0.3) is 0 Å². The summed E-state index contributed by atoms with van der Waals surface area (Å²) in [5.74, 6) is -2.02. The molecule has 2 fully saturated rings. The van der Waals surface area contributed by atoms with Crippen LogP contribution in [0.3, 0.4) is 0 Å². The maximum Gasteiger partial charge on any atom is 0.252 e. The second kappa shape index (κ2) is 9.37. The van der Waals surface area contributed by atoms with Crippen LogP contribution in [0, 0.1) is 0 Å². The van der Waals surface area contributed by atoms with E-state index in [4.69, 9.17) is 15.2 Å². The Kier molecular flexibility index (Phi) is 6.26. The standard InChI is InChI=1S/C25H29N3O7/c26-24(32)21-16(8-20-23(22(21)31)35-11-34-20)15-7-18(29)19(30)9-17(15)28-25(33)13-3-1-2-12(6-13)10-27-14-4-5-14/h1-3,6,8,14-15,17-19,27,29-31H,4-5,7,9-11H2,(H2,26,32)(H,28,33)/t15?,17?,18-,19+/m0/s1. The van der Waals surface area contributed by atoms with Crippen molar-refractivity contribution >= 4 is 11.8 Å². The summed E-state index contributed by atoms with van der Waals surface area (Å²) in [5.41, 5.74) is 7.19. The number of carbonyl (C=O) groups is 2. The molecule has 3 aliphatic rings. The molecule has 2 amide bonds. The summed E-state index contributed by atoms with van der Waals surface area (Å²) in [6, 6.07) is 8.73. The number of benzene rings is 2. The molecule has 1 heterocycles. The topological polar surface area (TPSA) is 163 Å². The molecule has 2 saturated carbocycles. The van der Waals surface area contributed by atoms with Crippen molar-refractivity contribution in [1.29, 1.82) is 0 Å². The Bertz CT molecular complexity index is 1150. The molecule has 35 heavy (non-hydrogen) atoms. The molecule has 2 aromatic carbocycles. The minimum absolute atomic E-state index is 0.0242. The summed E-state index contributed by atoms with van der Waals surface area (Å²) in [6.07, 6.45) is 0.272. The van der Waals surface area contributed by atoms with Crippen molar-refractivity contribution in [1.82, 2.24) is 10.6 Å². The Balaban J connectivity index is 1.43. The van der Waals surface area contributed by atoms with Gasteiger partial charge in [0, 0.05) is 30.1 Å². The summed E-state index contributed by atoms with van der Waals surface area (Å²) < 4.78 is 10.7. The van der Waals surface area contributed by atoms with Crippen molar-refractivity contribution in [2.75, 3.05) is 6.79 Å². The molecule has 7 N–H and O–H groups in total. The van der Waals surface area contributed by atoms with E-state index in [0.29, 0.717) is 23.7 Å². The predicted molar refractivity (Wildman–Crippen MR) is 124 cm³/mol. The van der Waals surface area contributed by atoms with Crippen molar-refractivity contribution < 1.29 is 34.4 Å². The van der Waals surface area contributed by atoms with Crippen LogP contribution in [-0.2, 0) is 6.54 Å². The van der Waals surface area contributed by atoms with Gasteiger partial charge in [0.05, 0.1) is 17.8 Å². The van der Waals surface area contributed by atoms with Crippen LogP contribution in [0.15, 0.2) is 30.3 Å². The van der Waals surface area contributed by atoms with Gasteiger partial charge in [-0.1, -0.05) is 12.1 Å². The number of fused-ring (bicyclic) bond motifs is 1. The van der Waals surface area contributed by atoms with E-state index in [0.717, 1.165) is 5.56 Å². The van der Waals surface area contributed by atoms with Crippen molar-refractivity contribution in [2.45, 2.75) is 62.4 Å². The number of amides is 2. The maximum atomic E-state index is 13.2. The monoisotopic (exact) mass is 483 g/mol. The van der Waals surface area contributed by atoms with Gasteiger partial charge in [-0.2, -0.15) is 0 Å². The smallest absolute Gasteiger partial charge is 0.252 e. The fourth-order valence-corrected chi connectivity index (χ4v) is 4.89. The van der Waals surface area contributed by atoms with Crippen LogP contribution in [-0.4, -0.2) is 58.2 Å². The maximum absolute atomic E-state index is 13.2. The summed E-state index contributed by atoms with van der Waals surface area (Å²) in [7, 11) is 0. The molecular formula is C25H29N3O7. The minimum atomic E-state index is -1.08. The van der Waals surface area contributed by atoms with Crippen molar-refractivity contribution in [2.24, 2.45) is 5.73 Å². The first-order chi connectivity index (χ1) is 16.8. The third-order valence-corrected chi connectivity index (χ3v) is 6.91. The van der Waals surface area contributed by atoms with Crippen molar-refractivity contribution in [3.8, 4) is 17.2 Å². The molecule has 0 bridgehead atoms. The van der Waals surface area contributed by atoms with E-state index in [1.165, 1.54) is 12.8 Å². The Morgan fingerprint density at radius 3 is 2.60 bits per heavy atom. The van der Waals surface area contributed by atoms with Crippen LogP contribution in [0.5, 0.6) is 17.2 Å². The molecule has 0 aromatic heterocycles. The largest absolute Gasteiger partial charge is 0.504 e. The average Bonchev–Trinajstić information content (AvgIpc) is 3.54. The molecule has 2 aromatic rings. The van der Waals surface area contributed by atoms with E-state index < -0.39 is 35.8 Å². The first kappa shape index (κ1) is 23.4. The number of rotatable bonds is 7. The summed E-state index contributed by atoms with van der Waals surface area (Å²) in [6.45, 7) is 0.545. The molecule has 4 atom stereocenters. The van der Waals surface area contributed by atoms with Gasteiger partial charge < -0.3 is 41.2 Å². The summed E-state index contributed by atoms with van der Waals surface area (Å²) in [5, 5.41) is 37.8.